The summed E-state index contributed by atoms with van der Waals surface area (Å²) < 4.78 is 20.1. The maximum atomic E-state index is 14.2. The molecule has 0 saturated carbocycles. The first-order chi connectivity index (χ1) is 14.0. The molecule has 0 unspecified atom stereocenters. The molecule has 152 valence electrons. The van der Waals surface area contributed by atoms with Crippen molar-refractivity contribution in [3.63, 3.8) is 0 Å². The van der Waals surface area contributed by atoms with Gasteiger partial charge in [0.2, 0.25) is 5.69 Å². The van der Waals surface area contributed by atoms with Crippen LogP contribution >= 0.6 is 0 Å². The number of hydrogen-bond donors (Lipinski definition) is 0. The van der Waals surface area contributed by atoms with Crippen molar-refractivity contribution < 1.29 is 13.9 Å². The largest absolute Gasteiger partial charge is 0.365 e. The molecular formula is C22H25FN4O2. The van der Waals surface area contributed by atoms with Crippen molar-refractivity contribution >= 4 is 28.1 Å². The first kappa shape index (κ1) is 19.7. The fraction of sp³-hybridized carbons (Fsp3) is 0.500. The number of ketones is 1. The summed E-state index contributed by atoms with van der Waals surface area (Å²) in [5.41, 5.74) is 2.12. The van der Waals surface area contributed by atoms with Crippen molar-refractivity contribution in [1.82, 2.24) is 9.88 Å². The van der Waals surface area contributed by atoms with E-state index >= 15 is 0 Å². The van der Waals surface area contributed by atoms with E-state index in [9.17, 15) is 9.18 Å². The Morgan fingerprint density at radius 3 is 2.86 bits per heavy atom. The summed E-state index contributed by atoms with van der Waals surface area (Å²) >= 11 is 0. The van der Waals surface area contributed by atoms with Crippen LogP contribution < -0.4 is 4.90 Å². The highest BCUT2D eigenvalue weighted by molar-refractivity contribution is 6.00. The van der Waals surface area contributed by atoms with Gasteiger partial charge in [-0.25, -0.2) is 9.24 Å². The van der Waals surface area contributed by atoms with E-state index in [1.807, 2.05) is 37.1 Å². The number of hydrogen-bond acceptors (Lipinski definition) is 5. The number of aromatic nitrogens is 1. The average Bonchev–Trinajstić information content (AvgIpc) is 3.03. The van der Waals surface area contributed by atoms with E-state index in [1.165, 1.54) is 0 Å². The van der Waals surface area contributed by atoms with Crippen LogP contribution in [-0.4, -0.2) is 67.3 Å². The lowest BCUT2D eigenvalue weighted by atomic mass is 9.96. The zero-order valence-corrected chi connectivity index (χ0v) is 16.7. The molecule has 2 fully saturated rings. The number of alkyl halides is 1. The van der Waals surface area contributed by atoms with Crippen LogP contribution in [0.5, 0.6) is 0 Å². The normalized spacial score (nSPS) is 27.9. The smallest absolute Gasteiger partial charge is 0.213 e. The number of pyridine rings is 1. The zero-order valence-electron chi connectivity index (χ0n) is 16.7. The molecule has 2 aliphatic rings. The monoisotopic (exact) mass is 396 g/mol. The van der Waals surface area contributed by atoms with Crippen molar-refractivity contribution in [2.45, 2.75) is 31.7 Å². The summed E-state index contributed by atoms with van der Waals surface area (Å²) in [5.74, 6) is -0.297. The molecule has 1 aromatic carbocycles. The summed E-state index contributed by atoms with van der Waals surface area (Å²) in [4.78, 5) is 24.9. The molecule has 0 amide bonds. The molecule has 2 aliphatic heterocycles. The quantitative estimate of drug-likeness (QED) is 0.743. The van der Waals surface area contributed by atoms with Gasteiger partial charge in [-0.2, -0.15) is 0 Å². The van der Waals surface area contributed by atoms with E-state index < -0.39 is 12.3 Å². The van der Waals surface area contributed by atoms with Crippen LogP contribution in [0.3, 0.4) is 0 Å². The van der Waals surface area contributed by atoms with Gasteiger partial charge in [-0.3, -0.25) is 9.78 Å². The Kier molecular flexibility index (Phi) is 5.48. The number of likely N-dealkylation sites (tertiary alicyclic amines) is 1. The topological polar surface area (TPSA) is 50.0 Å². The van der Waals surface area contributed by atoms with Crippen LogP contribution in [0.4, 0.5) is 15.8 Å². The van der Waals surface area contributed by atoms with Gasteiger partial charge in [0, 0.05) is 49.2 Å². The highest BCUT2D eigenvalue weighted by atomic mass is 19.1. The van der Waals surface area contributed by atoms with Crippen LogP contribution in [0.25, 0.3) is 15.7 Å². The Bertz CT molecular complexity index is 959. The molecule has 6 nitrogen and oxygen atoms in total. The minimum Gasteiger partial charge on any atom is -0.365 e. The molecule has 29 heavy (non-hydrogen) atoms. The number of benzene rings is 1. The van der Waals surface area contributed by atoms with E-state index in [0.717, 1.165) is 11.1 Å². The molecule has 0 aliphatic carbocycles. The summed E-state index contributed by atoms with van der Waals surface area (Å²) in [7, 11) is 1.88. The number of Topliss-reactive ketones (excluding diaryl/α,β-unsaturated/α-hetero) is 1. The second kappa shape index (κ2) is 8.05. The zero-order chi connectivity index (χ0) is 20.5. The van der Waals surface area contributed by atoms with E-state index in [0.29, 0.717) is 37.4 Å². The fourth-order valence-electron chi connectivity index (χ4n) is 4.45. The van der Waals surface area contributed by atoms with Crippen molar-refractivity contribution in [3.05, 3.63) is 41.9 Å². The number of fused-ring (bicyclic) bond motifs is 1. The molecular weight excluding hydrogens is 371 g/mol. The average molecular weight is 396 g/mol. The third-order valence-electron chi connectivity index (χ3n) is 5.81. The van der Waals surface area contributed by atoms with Gasteiger partial charge in [-0.05, 0) is 26.1 Å². The Hall–Kier alpha value is -2.56. The SMILES string of the molecule is [C-]#[N+]c1ccc(N2C[C@@H](C)O[C@@H](C(=O)C[C@@H]3CN(C)C[C@@H]3F)C2)c2cccnc12. The van der Waals surface area contributed by atoms with Crippen LogP contribution in [-0.2, 0) is 9.53 Å². The number of halogens is 1. The number of carbonyl (C=O) groups excluding carboxylic acids is 1. The number of rotatable bonds is 4. The lowest BCUT2D eigenvalue weighted by molar-refractivity contribution is -0.136. The molecule has 0 N–H and O–H groups in total. The van der Waals surface area contributed by atoms with Gasteiger partial charge in [0.25, 0.3) is 0 Å². The van der Waals surface area contributed by atoms with Crippen molar-refractivity contribution in [2.24, 2.45) is 5.92 Å². The van der Waals surface area contributed by atoms with E-state index in [1.54, 1.807) is 12.3 Å². The first-order valence-electron chi connectivity index (χ1n) is 9.97. The lowest BCUT2D eigenvalue weighted by Gasteiger charge is -2.38. The van der Waals surface area contributed by atoms with Crippen molar-refractivity contribution in [1.29, 1.82) is 0 Å². The highest BCUT2D eigenvalue weighted by Gasteiger charge is 2.37. The Labute approximate surface area is 170 Å². The third-order valence-corrected chi connectivity index (χ3v) is 5.81. The third kappa shape index (κ3) is 3.96. The van der Waals surface area contributed by atoms with Crippen molar-refractivity contribution in [2.75, 3.05) is 38.1 Å². The first-order valence-corrected chi connectivity index (χ1v) is 9.97. The Morgan fingerprint density at radius 2 is 2.14 bits per heavy atom. The standard InChI is InChI=1S/C22H25FN4O2/c1-14-10-27(19-7-6-18(24-2)22-16(19)5-4-8-25-22)13-21(29-14)20(28)9-15-11-26(3)12-17(15)23/h4-8,14-15,17,21H,9-13H2,1,3H3/t14-,15-,17+,21-/m1/s1. The summed E-state index contributed by atoms with van der Waals surface area (Å²) in [6, 6.07) is 7.49. The van der Waals surface area contributed by atoms with Gasteiger partial charge in [0.05, 0.1) is 24.7 Å². The molecule has 1 aromatic heterocycles. The fourth-order valence-corrected chi connectivity index (χ4v) is 4.45. The Morgan fingerprint density at radius 1 is 1.31 bits per heavy atom. The molecule has 4 rings (SSSR count). The van der Waals surface area contributed by atoms with Crippen LogP contribution in [0.1, 0.15) is 13.3 Å². The summed E-state index contributed by atoms with van der Waals surface area (Å²) in [5, 5.41) is 0.891. The van der Waals surface area contributed by atoms with E-state index in [-0.39, 0.29) is 24.2 Å². The molecule has 2 saturated heterocycles. The predicted molar refractivity (Wildman–Crippen MR) is 110 cm³/mol. The minimum absolute atomic E-state index is 0.0373. The van der Waals surface area contributed by atoms with Crippen molar-refractivity contribution in [3.8, 4) is 0 Å². The molecule has 3 heterocycles. The second-order valence-corrected chi connectivity index (χ2v) is 8.12. The number of ether oxygens (including phenoxy) is 1. The van der Waals surface area contributed by atoms with Crippen LogP contribution in [0.15, 0.2) is 30.5 Å². The molecule has 7 heteroatoms. The van der Waals surface area contributed by atoms with E-state index in [2.05, 4.69) is 14.7 Å². The molecule has 2 aromatic rings. The number of nitrogens with zero attached hydrogens (tertiary/aromatic N) is 4. The Balaban J connectivity index is 1.56. The maximum Gasteiger partial charge on any atom is 0.213 e. The number of carbonyl (C=O) groups is 1. The van der Waals surface area contributed by atoms with Gasteiger partial charge < -0.3 is 14.5 Å². The molecule has 0 spiro atoms. The summed E-state index contributed by atoms with van der Waals surface area (Å²) in [6.07, 6.45) is 0.218. The van der Waals surface area contributed by atoms with Gasteiger partial charge in [-0.15, -0.1) is 0 Å². The maximum absolute atomic E-state index is 14.2. The van der Waals surface area contributed by atoms with Gasteiger partial charge in [0.1, 0.15) is 12.3 Å². The van der Waals surface area contributed by atoms with Crippen LogP contribution in [0, 0.1) is 12.5 Å². The van der Waals surface area contributed by atoms with Gasteiger partial charge in [0.15, 0.2) is 5.78 Å². The molecule has 0 bridgehead atoms. The van der Waals surface area contributed by atoms with Crippen LogP contribution in [0.2, 0.25) is 0 Å². The lowest BCUT2D eigenvalue weighted by Crippen LogP contribution is -2.50. The predicted octanol–water partition coefficient (Wildman–Crippen LogP) is 3.24. The molecule has 4 atom stereocenters. The molecule has 0 radical (unpaired) electrons. The number of anilines is 1. The highest BCUT2D eigenvalue weighted by Crippen LogP contribution is 2.34. The van der Waals surface area contributed by atoms with Gasteiger partial charge >= 0.3 is 0 Å². The van der Waals surface area contributed by atoms with E-state index in [4.69, 9.17) is 11.3 Å². The minimum atomic E-state index is -0.961. The number of morpholine rings is 1. The summed E-state index contributed by atoms with van der Waals surface area (Å²) in [6.45, 7) is 11.4. The van der Waals surface area contributed by atoms with Gasteiger partial charge in [-0.1, -0.05) is 12.1 Å². The second-order valence-electron chi connectivity index (χ2n) is 8.12.